The van der Waals surface area contributed by atoms with Crippen LogP contribution in [0.4, 0.5) is 5.95 Å². The maximum atomic E-state index is 9.89. The fourth-order valence-electron chi connectivity index (χ4n) is 1.59. The van der Waals surface area contributed by atoms with Crippen LogP contribution in [-0.4, -0.2) is 39.3 Å². The van der Waals surface area contributed by atoms with Crippen LogP contribution in [0.2, 0.25) is 5.28 Å². The van der Waals surface area contributed by atoms with E-state index in [0.29, 0.717) is 25.5 Å². The molecule has 0 bridgehead atoms. The molecule has 1 heterocycles. The third-order valence-corrected chi connectivity index (χ3v) is 2.37. The molecule has 0 aliphatic heterocycles. The second kappa shape index (κ2) is 6.86. The number of nitrogens with one attached hydrogen (secondary N) is 1. The predicted molar refractivity (Wildman–Crippen MR) is 74.6 cm³/mol. The molecule has 7 heteroatoms. The quantitative estimate of drug-likeness (QED) is 0.835. The number of nitrogens with zero attached hydrogens (tertiary/aromatic N) is 3. The van der Waals surface area contributed by atoms with Crippen LogP contribution in [0.5, 0.6) is 6.01 Å². The lowest BCUT2D eigenvalue weighted by Crippen LogP contribution is -2.25. The van der Waals surface area contributed by atoms with Gasteiger partial charge in [0, 0.05) is 6.54 Å². The summed E-state index contributed by atoms with van der Waals surface area (Å²) in [5.74, 6) is 0.302. The Hall–Kier alpha value is -1.14. The summed E-state index contributed by atoms with van der Waals surface area (Å²) in [5.41, 5.74) is 0.0638. The standard InChI is InChI=1S/C12H21ClN4O2/c1-5-19-11-16-9(13)15-10(17-11)14-7-8(18)6-12(2,3)4/h8,18H,5-7H2,1-4H3,(H,14,15,16,17). The monoisotopic (exact) mass is 288 g/mol. The summed E-state index contributed by atoms with van der Waals surface area (Å²) in [6.07, 6.45) is 0.197. The van der Waals surface area contributed by atoms with Crippen LogP contribution in [-0.2, 0) is 0 Å². The highest BCUT2D eigenvalue weighted by atomic mass is 35.5. The zero-order chi connectivity index (χ0) is 14.5. The fraction of sp³-hybridized carbons (Fsp3) is 0.750. The van der Waals surface area contributed by atoms with Gasteiger partial charge in [-0.1, -0.05) is 20.8 Å². The van der Waals surface area contributed by atoms with E-state index < -0.39 is 6.10 Å². The number of rotatable bonds is 6. The minimum atomic E-state index is -0.480. The zero-order valence-electron chi connectivity index (χ0n) is 11.8. The van der Waals surface area contributed by atoms with E-state index >= 15 is 0 Å². The van der Waals surface area contributed by atoms with Gasteiger partial charge in [-0.05, 0) is 30.4 Å². The average molecular weight is 289 g/mol. The Kier molecular flexibility index (Phi) is 5.75. The molecule has 0 spiro atoms. The van der Waals surface area contributed by atoms with Gasteiger partial charge in [0.05, 0.1) is 12.7 Å². The van der Waals surface area contributed by atoms with Crippen LogP contribution in [0.1, 0.15) is 34.1 Å². The molecule has 0 fully saturated rings. The SMILES string of the molecule is CCOc1nc(Cl)nc(NCC(O)CC(C)(C)C)n1. The number of halogens is 1. The van der Waals surface area contributed by atoms with Gasteiger partial charge in [-0.25, -0.2) is 0 Å². The van der Waals surface area contributed by atoms with Crippen LogP contribution in [0.3, 0.4) is 0 Å². The second-order valence-electron chi connectivity index (χ2n) is 5.44. The summed E-state index contributed by atoms with van der Waals surface area (Å²) in [4.78, 5) is 11.8. The van der Waals surface area contributed by atoms with E-state index in [-0.39, 0.29) is 16.7 Å². The van der Waals surface area contributed by atoms with Crippen LogP contribution >= 0.6 is 11.6 Å². The smallest absolute Gasteiger partial charge is 0.322 e. The van der Waals surface area contributed by atoms with Crippen molar-refractivity contribution >= 4 is 17.5 Å². The topological polar surface area (TPSA) is 80.2 Å². The van der Waals surface area contributed by atoms with E-state index in [4.69, 9.17) is 16.3 Å². The Morgan fingerprint density at radius 1 is 1.32 bits per heavy atom. The van der Waals surface area contributed by atoms with E-state index in [9.17, 15) is 5.11 Å². The molecule has 0 aliphatic rings. The minimum Gasteiger partial charge on any atom is -0.464 e. The van der Waals surface area contributed by atoms with Crippen molar-refractivity contribution in [3.05, 3.63) is 5.28 Å². The Morgan fingerprint density at radius 3 is 2.58 bits per heavy atom. The number of aliphatic hydroxyl groups is 1. The van der Waals surface area contributed by atoms with Gasteiger partial charge in [0.2, 0.25) is 11.2 Å². The Morgan fingerprint density at radius 2 is 2.00 bits per heavy atom. The highest BCUT2D eigenvalue weighted by Gasteiger charge is 2.17. The molecule has 0 saturated carbocycles. The van der Waals surface area contributed by atoms with Crippen LogP contribution in [0.25, 0.3) is 0 Å². The maximum absolute atomic E-state index is 9.89. The normalized spacial score (nSPS) is 13.2. The number of hydrogen-bond acceptors (Lipinski definition) is 6. The molecule has 108 valence electrons. The lowest BCUT2D eigenvalue weighted by molar-refractivity contribution is 0.132. The van der Waals surface area contributed by atoms with Crippen LogP contribution in [0.15, 0.2) is 0 Å². The Bertz CT molecular complexity index is 409. The van der Waals surface area contributed by atoms with Crippen LogP contribution < -0.4 is 10.1 Å². The van der Waals surface area contributed by atoms with Gasteiger partial charge in [-0.2, -0.15) is 15.0 Å². The molecule has 2 N–H and O–H groups in total. The Labute approximate surface area is 118 Å². The van der Waals surface area contributed by atoms with E-state index in [1.165, 1.54) is 0 Å². The summed E-state index contributed by atoms with van der Waals surface area (Å²) in [6.45, 7) is 8.85. The lowest BCUT2D eigenvalue weighted by Gasteiger charge is -2.22. The maximum Gasteiger partial charge on any atom is 0.322 e. The molecule has 0 aromatic carbocycles. The molecule has 1 unspecified atom stereocenters. The second-order valence-corrected chi connectivity index (χ2v) is 5.78. The van der Waals surface area contributed by atoms with Crippen molar-refractivity contribution in [2.45, 2.75) is 40.2 Å². The molecule has 1 atom stereocenters. The van der Waals surface area contributed by atoms with Gasteiger partial charge in [-0.3, -0.25) is 0 Å². The van der Waals surface area contributed by atoms with Crippen molar-refractivity contribution in [1.82, 2.24) is 15.0 Å². The van der Waals surface area contributed by atoms with Gasteiger partial charge < -0.3 is 15.2 Å². The molecular weight excluding hydrogens is 268 g/mol. The van der Waals surface area contributed by atoms with Gasteiger partial charge in [0.15, 0.2) is 0 Å². The minimum absolute atomic E-state index is 0.0614. The van der Waals surface area contributed by atoms with E-state index in [2.05, 4.69) is 41.0 Å². The van der Waals surface area contributed by atoms with Crippen molar-refractivity contribution in [2.75, 3.05) is 18.5 Å². The summed E-state index contributed by atoms with van der Waals surface area (Å²) < 4.78 is 5.17. The molecule has 0 amide bonds. The lowest BCUT2D eigenvalue weighted by atomic mass is 9.89. The first-order valence-corrected chi connectivity index (χ1v) is 6.64. The average Bonchev–Trinajstić information content (AvgIpc) is 2.24. The number of anilines is 1. The first kappa shape index (κ1) is 15.9. The number of ether oxygens (including phenoxy) is 1. The summed E-state index contributed by atoms with van der Waals surface area (Å²) in [5, 5.41) is 12.9. The first-order chi connectivity index (χ1) is 8.80. The molecular formula is C12H21ClN4O2. The molecule has 1 aromatic rings. The van der Waals surface area contributed by atoms with Crippen molar-refractivity contribution in [3.8, 4) is 6.01 Å². The summed E-state index contributed by atoms with van der Waals surface area (Å²) in [7, 11) is 0. The number of aromatic nitrogens is 3. The third kappa shape index (κ3) is 6.54. The van der Waals surface area contributed by atoms with Gasteiger partial charge in [0.25, 0.3) is 0 Å². The first-order valence-electron chi connectivity index (χ1n) is 6.26. The fourth-order valence-corrected chi connectivity index (χ4v) is 1.75. The molecule has 1 aromatic heterocycles. The largest absolute Gasteiger partial charge is 0.464 e. The molecule has 19 heavy (non-hydrogen) atoms. The zero-order valence-corrected chi connectivity index (χ0v) is 12.5. The highest BCUT2D eigenvalue weighted by molar-refractivity contribution is 6.28. The van der Waals surface area contributed by atoms with Crippen molar-refractivity contribution in [3.63, 3.8) is 0 Å². The molecule has 0 aliphatic carbocycles. The van der Waals surface area contributed by atoms with Crippen molar-refractivity contribution in [1.29, 1.82) is 0 Å². The predicted octanol–water partition coefficient (Wildman–Crippen LogP) is 2.13. The van der Waals surface area contributed by atoms with Crippen LogP contribution in [0, 0.1) is 5.41 Å². The van der Waals surface area contributed by atoms with Crippen molar-refractivity contribution < 1.29 is 9.84 Å². The van der Waals surface area contributed by atoms with E-state index in [1.54, 1.807) is 0 Å². The van der Waals surface area contributed by atoms with Gasteiger partial charge >= 0.3 is 6.01 Å². The third-order valence-electron chi connectivity index (χ3n) is 2.20. The molecule has 1 rings (SSSR count). The molecule has 0 saturated heterocycles. The van der Waals surface area contributed by atoms with E-state index in [1.807, 2.05) is 6.92 Å². The number of hydrogen-bond donors (Lipinski definition) is 2. The highest BCUT2D eigenvalue weighted by Crippen LogP contribution is 2.21. The number of aliphatic hydroxyl groups excluding tert-OH is 1. The summed E-state index contributed by atoms with van der Waals surface area (Å²) in [6, 6.07) is 0.176. The molecule has 0 radical (unpaired) electrons. The van der Waals surface area contributed by atoms with Gasteiger partial charge in [-0.15, -0.1) is 0 Å². The Balaban J connectivity index is 2.57. The summed E-state index contributed by atoms with van der Waals surface area (Å²) >= 11 is 5.76. The van der Waals surface area contributed by atoms with Gasteiger partial charge in [0.1, 0.15) is 0 Å². The van der Waals surface area contributed by atoms with E-state index in [0.717, 1.165) is 0 Å². The van der Waals surface area contributed by atoms with Crippen molar-refractivity contribution in [2.24, 2.45) is 5.41 Å². The molecule has 6 nitrogen and oxygen atoms in total.